The van der Waals surface area contributed by atoms with Crippen molar-refractivity contribution in [2.24, 2.45) is 0 Å². The van der Waals surface area contributed by atoms with Crippen molar-refractivity contribution in [3.8, 4) is 5.69 Å². The number of aromatic amines is 1. The number of fused-ring (bicyclic) bond motifs is 2. The van der Waals surface area contributed by atoms with E-state index in [4.69, 9.17) is 0 Å². The fourth-order valence-electron chi connectivity index (χ4n) is 4.05. The normalized spacial score (nSPS) is 16.6. The lowest BCUT2D eigenvalue weighted by molar-refractivity contribution is 0.0864. The molecule has 2 aliphatic rings. The Morgan fingerprint density at radius 2 is 1.91 bits per heavy atom. The van der Waals surface area contributed by atoms with Crippen LogP contribution in [-0.2, 0) is 10.0 Å². The zero-order valence-electron chi connectivity index (χ0n) is 17.4. The summed E-state index contributed by atoms with van der Waals surface area (Å²) in [5.74, 6) is -1.12. The molecule has 4 aromatic rings. The number of sulfonamides is 1. The molecule has 1 aliphatic carbocycles. The van der Waals surface area contributed by atoms with E-state index in [9.17, 15) is 22.8 Å². The third-order valence-corrected chi connectivity index (χ3v) is 7.72. The van der Waals surface area contributed by atoms with Crippen LogP contribution in [0, 0.1) is 0 Å². The van der Waals surface area contributed by atoms with E-state index in [-0.39, 0.29) is 33.0 Å². The quantitative estimate of drug-likeness (QED) is 0.455. The van der Waals surface area contributed by atoms with Gasteiger partial charge in [0.05, 0.1) is 29.5 Å². The Morgan fingerprint density at radius 1 is 1.12 bits per heavy atom. The van der Waals surface area contributed by atoms with E-state index in [1.54, 1.807) is 24.3 Å². The Balaban J connectivity index is 1.36. The van der Waals surface area contributed by atoms with Gasteiger partial charge in [0.25, 0.3) is 27.4 Å². The summed E-state index contributed by atoms with van der Waals surface area (Å²) < 4.78 is 28.1. The second-order valence-electron chi connectivity index (χ2n) is 8.04. The molecule has 12 heteroatoms. The first kappa shape index (κ1) is 20.3. The van der Waals surface area contributed by atoms with Crippen molar-refractivity contribution in [2.75, 3.05) is 5.32 Å². The highest BCUT2D eigenvalue weighted by molar-refractivity contribution is 7.90. The van der Waals surface area contributed by atoms with Crippen LogP contribution in [0.1, 0.15) is 33.6 Å². The van der Waals surface area contributed by atoms with Crippen molar-refractivity contribution in [3.63, 3.8) is 0 Å². The van der Waals surface area contributed by atoms with Gasteiger partial charge in [-0.2, -0.15) is 5.10 Å². The summed E-state index contributed by atoms with van der Waals surface area (Å²) >= 11 is 0. The second-order valence-corrected chi connectivity index (χ2v) is 9.83. The number of H-pyrrole nitrogens is 1. The number of nitrogens with one attached hydrogen (secondary N) is 2. The van der Waals surface area contributed by atoms with Gasteiger partial charge >= 0.3 is 0 Å². The van der Waals surface area contributed by atoms with Gasteiger partial charge in [-0.05, 0) is 43.2 Å². The number of amides is 2. The Morgan fingerprint density at radius 3 is 2.71 bits per heavy atom. The predicted molar refractivity (Wildman–Crippen MR) is 120 cm³/mol. The van der Waals surface area contributed by atoms with Crippen LogP contribution in [0.3, 0.4) is 0 Å². The molecule has 170 valence electrons. The highest BCUT2D eigenvalue weighted by atomic mass is 32.2. The lowest BCUT2D eigenvalue weighted by atomic mass is 10.1. The first-order valence-electron chi connectivity index (χ1n) is 10.4. The molecule has 3 heterocycles. The van der Waals surface area contributed by atoms with Crippen molar-refractivity contribution in [2.45, 2.75) is 23.8 Å². The predicted octanol–water partition coefficient (Wildman–Crippen LogP) is 1.67. The molecule has 2 N–H and O–H groups in total. The minimum Gasteiger partial charge on any atom is -0.320 e. The smallest absolute Gasteiger partial charge is 0.269 e. The van der Waals surface area contributed by atoms with Gasteiger partial charge in [0.2, 0.25) is 0 Å². The molecule has 2 aromatic carbocycles. The second kappa shape index (κ2) is 7.09. The van der Waals surface area contributed by atoms with Crippen LogP contribution in [0.25, 0.3) is 16.7 Å². The fourth-order valence-corrected chi connectivity index (χ4v) is 5.89. The number of carbonyl (C=O) groups is 2. The molecular formula is C22H16N6O5S. The summed E-state index contributed by atoms with van der Waals surface area (Å²) in [6.45, 7) is 0. The number of rotatable bonds is 4. The van der Waals surface area contributed by atoms with Gasteiger partial charge in [0, 0.05) is 11.6 Å². The molecular weight excluding hydrogens is 460 g/mol. The summed E-state index contributed by atoms with van der Waals surface area (Å²) in [6, 6.07) is 10.5. The average Bonchev–Trinajstić information content (AvgIpc) is 3.51. The van der Waals surface area contributed by atoms with Crippen LogP contribution in [0.4, 0.5) is 5.69 Å². The van der Waals surface area contributed by atoms with E-state index in [0.29, 0.717) is 29.9 Å². The first-order chi connectivity index (χ1) is 16.4. The van der Waals surface area contributed by atoms with Gasteiger partial charge in [-0.1, -0.05) is 12.1 Å². The third kappa shape index (κ3) is 2.95. The van der Waals surface area contributed by atoms with Crippen molar-refractivity contribution in [3.05, 3.63) is 76.5 Å². The highest BCUT2D eigenvalue weighted by Crippen LogP contribution is 2.39. The van der Waals surface area contributed by atoms with Gasteiger partial charge in [-0.15, -0.1) is 0 Å². The Kier molecular flexibility index (Phi) is 4.23. The number of benzene rings is 2. The molecule has 6 rings (SSSR count). The number of anilines is 1. The summed E-state index contributed by atoms with van der Waals surface area (Å²) in [7, 11) is -3.98. The van der Waals surface area contributed by atoms with E-state index in [1.807, 2.05) is 0 Å². The molecule has 0 spiro atoms. The summed E-state index contributed by atoms with van der Waals surface area (Å²) in [6.07, 6.45) is 3.94. The maximum absolute atomic E-state index is 13.1. The molecule has 2 aromatic heterocycles. The van der Waals surface area contributed by atoms with Crippen LogP contribution in [0.2, 0.25) is 0 Å². The minimum absolute atomic E-state index is 0.0724. The average molecular weight is 476 g/mol. The molecule has 0 atom stereocenters. The van der Waals surface area contributed by atoms with Crippen LogP contribution in [0.5, 0.6) is 0 Å². The maximum atomic E-state index is 13.1. The molecule has 1 fully saturated rings. The number of aromatic nitrogens is 4. The van der Waals surface area contributed by atoms with Crippen molar-refractivity contribution in [1.82, 2.24) is 24.1 Å². The highest BCUT2D eigenvalue weighted by Gasteiger charge is 2.48. The summed E-state index contributed by atoms with van der Waals surface area (Å²) in [5, 5.41) is 7.29. The zero-order chi connectivity index (χ0) is 23.6. The van der Waals surface area contributed by atoms with Gasteiger partial charge in [-0.3, -0.25) is 14.4 Å². The van der Waals surface area contributed by atoms with Crippen molar-refractivity contribution < 1.29 is 18.0 Å². The van der Waals surface area contributed by atoms with Crippen LogP contribution in [0.15, 0.2) is 64.7 Å². The molecule has 0 radical (unpaired) electrons. The van der Waals surface area contributed by atoms with Crippen molar-refractivity contribution in [1.29, 1.82) is 0 Å². The molecule has 1 saturated carbocycles. The number of carbonyl (C=O) groups excluding carboxylic acids is 2. The molecule has 1 aliphatic heterocycles. The van der Waals surface area contributed by atoms with E-state index in [2.05, 4.69) is 20.4 Å². The Labute approximate surface area is 192 Å². The number of hydrogen-bond donors (Lipinski definition) is 2. The van der Waals surface area contributed by atoms with Crippen LogP contribution in [-0.4, -0.2) is 50.3 Å². The minimum atomic E-state index is -3.98. The molecule has 0 bridgehead atoms. The molecule has 34 heavy (non-hydrogen) atoms. The van der Waals surface area contributed by atoms with Gasteiger partial charge < -0.3 is 10.3 Å². The zero-order valence-corrected chi connectivity index (χ0v) is 18.2. The summed E-state index contributed by atoms with van der Waals surface area (Å²) in [4.78, 5) is 44.2. The van der Waals surface area contributed by atoms with E-state index < -0.39 is 21.8 Å². The largest absolute Gasteiger partial charge is 0.320 e. The monoisotopic (exact) mass is 476 g/mol. The number of nitrogens with zero attached hydrogens (tertiary/aromatic N) is 4. The molecule has 11 nitrogen and oxygen atoms in total. The van der Waals surface area contributed by atoms with E-state index in [0.717, 1.165) is 4.31 Å². The fraction of sp³-hybridized carbons (Fsp3) is 0.136. The third-order valence-electron chi connectivity index (χ3n) is 5.84. The van der Waals surface area contributed by atoms with Gasteiger partial charge in [0.1, 0.15) is 10.3 Å². The standard InChI is InChI=1S/C22H16N6O5S/c29-20(12-5-8-14-18(9-12)34(32,33)28(22(14)31)13-6-7-13)26-16-3-1-2-4-17(16)27-19-15(10-25-27)21(30)24-11-23-19/h1-5,8-11,13H,6-7H2,(H,26,29)(H,23,24,30). The Hall–Kier alpha value is -4.32. The molecule has 0 unspecified atom stereocenters. The van der Waals surface area contributed by atoms with E-state index >= 15 is 0 Å². The molecule has 0 saturated heterocycles. The maximum Gasteiger partial charge on any atom is 0.269 e. The topological polar surface area (TPSA) is 147 Å². The first-order valence-corrected chi connectivity index (χ1v) is 11.9. The van der Waals surface area contributed by atoms with Gasteiger partial charge in [-0.25, -0.2) is 22.4 Å². The van der Waals surface area contributed by atoms with Crippen molar-refractivity contribution >= 4 is 38.6 Å². The number of para-hydroxylation sites is 2. The lowest BCUT2D eigenvalue weighted by Gasteiger charge is -2.13. The Bertz CT molecular complexity index is 1690. The summed E-state index contributed by atoms with van der Waals surface area (Å²) in [5.41, 5.74) is 0.969. The SMILES string of the molecule is O=C(Nc1ccccc1-n1ncc2c(=O)[nH]cnc21)c1ccc2c(c1)S(=O)(=O)N(C1CC1)C2=O. The van der Waals surface area contributed by atoms with Gasteiger partial charge in [0.15, 0.2) is 5.65 Å². The number of hydrogen-bond acceptors (Lipinski definition) is 7. The van der Waals surface area contributed by atoms with Crippen LogP contribution >= 0.6 is 0 Å². The molecule has 2 amide bonds. The van der Waals surface area contributed by atoms with E-state index in [1.165, 1.54) is 35.4 Å². The lowest BCUT2D eigenvalue weighted by Crippen LogP contribution is -2.31. The van der Waals surface area contributed by atoms with Crippen LogP contribution < -0.4 is 10.9 Å².